The molecule has 1 unspecified atom stereocenters. The van der Waals surface area contributed by atoms with Crippen LogP contribution < -0.4 is 9.64 Å². The van der Waals surface area contributed by atoms with E-state index in [2.05, 4.69) is 23.0 Å². The number of hydrogen-bond acceptors (Lipinski definition) is 5. The molecule has 1 aromatic heterocycles. The predicted octanol–water partition coefficient (Wildman–Crippen LogP) is 3.66. The molecule has 1 aliphatic rings. The largest absolute Gasteiger partial charge is 0.506 e. The molecule has 0 saturated carbocycles. The van der Waals surface area contributed by atoms with E-state index in [-0.39, 0.29) is 11.3 Å². The molecule has 2 aromatic carbocycles. The van der Waals surface area contributed by atoms with Crippen molar-refractivity contribution in [3.63, 3.8) is 0 Å². The topological polar surface area (TPSA) is 74.3 Å². The quantitative estimate of drug-likeness (QED) is 0.767. The Labute approximate surface area is 158 Å². The molecule has 1 fully saturated rings. The Hall–Kier alpha value is -3.20. The highest BCUT2D eigenvalue weighted by Gasteiger charge is 2.26. The molecule has 2 heterocycles. The van der Waals surface area contributed by atoms with Crippen LogP contribution in [-0.2, 0) is 6.54 Å². The molecule has 1 N–H and O–H groups in total. The van der Waals surface area contributed by atoms with Crippen LogP contribution in [0.3, 0.4) is 0 Å². The normalized spacial score (nSPS) is 16.6. The summed E-state index contributed by atoms with van der Waals surface area (Å²) < 4.78 is 7.00. The average Bonchev–Trinajstić information content (AvgIpc) is 3.29. The number of benzene rings is 2. The van der Waals surface area contributed by atoms with Crippen LogP contribution in [0.2, 0.25) is 0 Å². The zero-order chi connectivity index (χ0) is 19.0. The lowest BCUT2D eigenvalue weighted by molar-refractivity contribution is 0.414. The maximum Gasteiger partial charge on any atom is 0.137 e. The lowest BCUT2D eigenvalue weighted by Gasteiger charge is -2.25. The van der Waals surface area contributed by atoms with Crippen molar-refractivity contribution >= 4 is 16.6 Å². The molecule has 0 aliphatic carbocycles. The summed E-state index contributed by atoms with van der Waals surface area (Å²) in [5.74, 6) is 0.806. The highest BCUT2D eigenvalue weighted by atomic mass is 16.5. The molecule has 6 nitrogen and oxygen atoms in total. The highest BCUT2D eigenvalue weighted by Crippen LogP contribution is 2.38. The van der Waals surface area contributed by atoms with Gasteiger partial charge in [-0.25, -0.2) is 0 Å². The first-order chi connectivity index (χ1) is 13.1. The van der Waals surface area contributed by atoms with E-state index in [0.29, 0.717) is 18.1 Å². The molecule has 4 rings (SSSR count). The molecule has 0 bridgehead atoms. The van der Waals surface area contributed by atoms with Gasteiger partial charge in [0.1, 0.15) is 23.1 Å². The number of phenols is 1. The van der Waals surface area contributed by atoms with Crippen LogP contribution in [0.4, 0.5) is 5.69 Å². The Kier molecular flexibility index (Phi) is 4.36. The fourth-order valence-corrected chi connectivity index (χ4v) is 3.90. The molecule has 6 heteroatoms. The SMILES string of the molecule is COc1ccc(Cn2ncc3c(N4CCCC4C)cc(O)c(C#N)c32)cc1. The van der Waals surface area contributed by atoms with E-state index in [1.807, 2.05) is 24.3 Å². The monoisotopic (exact) mass is 362 g/mol. The molecule has 27 heavy (non-hydrogen) atoms. The van der Waals surface area contributed by atoms with Crippen molar-refractivity contribution in [3.8, 4) is 17.6 Å². The van der Waals surface area contributed by atoms with Gasteiger partial charge in [0.25, 0.3) is 0 Å². The fourth-order valence-electron chi connectivity index (χ4n) is 3.90. The molecule has 1 aliphatic heterocycles. The number of hydrogen-bond donors (Lipinski definition) is 1. The number of aromatic hydroxyl groups is 1. The maximum absolute atomic E-state index is 10.5. The Morgan fingerprint density at radius 1 is 1.33 bits per heavy atom. The van der Waals surface area contributed by atoms with Crippen LogP contribution >= 0.6 is 0 Å². The number of rotatable bonds is 4. The second kappa shape index (κ2) is 6.84. The van der Waals surface area contributed by atoms with Gasteiger partial charge in [-0.15, -0.1) is 0 Å². The minimum Gasteiger partial charge on any atom is -0.506 e. The third kappa shape index (κ3) is 2.95. The van der Waals surface area contributed by atoms with Gasteiger partial charge >= 0.3 is 0 Å². The molecular weight excluding hydrogens is 340 g/mol. The van der Waals surface area contributed by atoms with Crippen molar-refractivity contribution in [3.05, 3.63) is 47.7 Å². The molecule has 1 saturated heterocycles. The van der Waals surface area contributed by atoms with Crippen LogP contribution in [-0.4, -0.2) is 34.6 Å². The average molecular weight is 362 g/mol. The van der Waals surface area contributed by atoms with Gasteiger partial charge < -0.3 is 14.7 Å². The number of phenolic OH excluding ortho intramolecular Hbond substituents is 1. The Morgan fingerprint density at radius 2 is 2.11 bits per heavy atom. The molecule has 0 amide bonds. The summed E-state index contributed by atoms with van der Waals surface area (Å²) >= 11 is 0. The molecule has 0 spiro atoms. The van der Waals surface area contributed by atoms with Gasteiger partial charge in [0.05, 0.1) is 31.1 Å². The van der Waals surface area contributed by atoms with E-state index in [4.69, 9.17) is 4.74 Å². The number of methoxy groups -OCH3 is 1. The van der Waals surface area contributed by atoms with Crippen molar-refractivity contribution in [1.82, 2.24) is 9.78 Å². The summed E-state index contributed by atoms with van der Waals surface area (Å²) in [5.41, 5.74) is 2.95. The van der Waals surface area contributed by atoms with E-state index in [9.17, 15) is 10.4 Å². The lowest BCUT2D eigenvalue weighted by atomic mass is 10.1. The smallest absolute Gasteiger partial charge is 0.137 e. The second-order valence-electron chi connectivity index (χ2n) is 7.00. The minimum absolute atomic E-state index is 0.00980. The Morgan fingerprint density at radius 3 is 2.74 bits per heavy atom. The van der Waals surface area contributed by atoms with Gasteiger partial charge in [-0.2, -0.15) is 10.4 Å². The zero-order valence-electron chi connectivity index (χ0n) is 15.5. The highest BCUT2D eigenvalue weighted by molar-refractivity contribution is 5.97. The summed E-state index contributed by atoms with van der Waals surface area (Å²) in [6.45, 7) is 3.65. The number of nitrogens with zero attached hydrogens (tertiary/aromatic N) is 4. The Bertz CT molecular complexity index is 1020. The standard InChI is InChI=1S/C21H22N4O2/c1-14-4-3-9-24(14)19-10-20(26)17(11-22)21-18(19)12-23-25(21)13-15-5-7-16(27-2)8-6-15/h5-8,10,12,14,26H,3-4,9,13H2,1-2H3. The van der Waals surface area contributed by atoms with Gasteiger partial charge in [0.15, 0.2) is 0 Å². The van der Waals surface area contributed by atoms with Gasteiger partial charge in [-0.1, -0.05) is 12.1 Å². The van der Waals surface area contributed by atoms with Crippen molar-refractivity contribution in [2.75, 3.05) is 18.6 Å². The van der Waals surface area contributed by atoms with Crippen LogP contribution in [0.1, 0.15) is 30.9 Å². The third-order valence-corrected chi connectivity index (χ3v) is 5.35. The number of anilines is 1. The van der Waals surface area contributed by atoms with Crippen LogP contribution in [0.15, 0.2) is 36.5 Å². The molecule has 138 valence electrons. The molecule has 1 atom stereocenters. The summed E-state index contributed by atoms with van der Waals surface area (Å²) in [7, 11) is 1.64. The summed E-state index contributed by atoms with van der Waals surface area (Å²) in [6, 6.07) is 12.0. The number of aromatic nitrogens is 2. The first-order valence-corrected chi connectivity index (χ1v) is 9.13. The van der Waals surface area contributed by atoms with E-state index < -0.39 is 0 Å². The third-order valence-electron chi connectivity index (χ3n) is 5.35. The van der Waals surface area contributed by atoms with Crippen LogP contribution in [0, 0.1) is 11.3 Å². The van der Waals surface area contributed by atoms with E-state index >= 15 is 0 Å². The molecular formula is C21H22N4O2. The maximum atomic E-state index is 10.5. The van der Waals surface area contributed by atoms with Gasteiger partial charge in [0, 0.05) is 24.0 Å². The van der Waals surface area contributed by atoms with Crippen molar-refractivity contribution in [2.24, 2.45) is 0 Å². The van der Waals surface area contributed by atoms with Crippen molar-refractivity contribution in [1.29, 1.82) is 5.26 Å². The lowest BCUT2D eigenvalue weighted by Crippen LogP contribution is -2.26. The van der Waals surface area contributed by atoms with Crippen molar-refractivity contribution in [2.45, 2.75) is 32.4 Å². The van der Waals surface area contributed by atoms with E-state index in [0.717, 1.165) is 41.8 Å². The first kappa shape index (κ1) is 17.2. The van der Waals surface area contributed by atoms with Gasteiger partial charge in [-0.05, 0) is 37.5 Å². The number of ether oxygens (including phenoxy) is 1. The number of fused-ring (bicyclic) bond motifs is 1. The van der Waals surface area contributed by atoms with Crippen LogP contribution in [0.25, 0.3) is 10.9 Å². The van der Waals surface area contributed by atoms with Gasteiger partial charge in [0.2, 0.25) is 0 Å². The van der Waals surface area contributed by atoms with Crippen LogP contribution in [0.5, 0.6) is 11.5 Å². The Balaban J connectivity index is 1.82. The second-order valence-corrected chi connectivity index (χ2v) is 7.00. The summed E-state index contributed by atoms with van der Waals surface area (Å²) in [5, 5.41) is 25.6. The predicted molar refractivity (Wildman–Crippen MR) is 104 cm³/mol. The van der Waals surface area contributed by atoms with Crippen molar-refractivity contribution < 1.29 is 9.84 Å². The van der Waals surface area contributed by atoms with E-state index in [1.165, 1.54) is 0 Å². The zero-order valence-corrected chi connectivity index (χ0v) is 15.5. The summed E-state index contributed by atoms with van der Waals surface area (Å²) in [6.07, 6.45) is 4.06. The first-order valence-electron chi connectivity index (χ1n) is 9.13. The molecule has 0 radical (unpaired) electrons. The number of nitriles is 1. The summed E-state index contributed by atoms with van der Waals surface area (Å²) in [4.78, 5) is 2.29. The molecule has 3 aromatic rings. The van der Waals surface area contributed by atoms with E-state index in [1.54, 1.807) is 24.1 Å². The minimum atomic E-state index is 0.00980. The fraction of sp³-hybridized carbons (Fsp3) is 0.333. The van der Waals surface area contributed by atoms with Gasteiger partial charge in [-0.3, -0.25) is 4.68 Å².